The number of amides is 1. The average Bonchev–Trinajstić information content (AvgIpc) is 3.01. The van der Waals surface area contributed by atoms with Gasteiger partial charge < -0.3 is 20.1 Å². The summed E-state index contributed by atoms with van der Waals surface area (Å²) >= 11 is 0. The minimum Gasteiger partial charge on any atom is -0.494 e. The maximum atomic E-state index is 13.1. The van der Waals surface area contributed by atoms with E-state index in [1.807, 2.05) is 81.4 Å². The number of carboxylic acid groups (broad SMARTS) is 1. The number of hydrogen-bond acceptors (Lipinski definition) is 5. The zero-order valence-electron chi connectivity index (χ0n) is 24.8. The first-order chi connectivity index (χ1) is 20.6. The molecule has 0 aromatic heterocycles. The topological polar surface area (TPSA) is 95.9 Å². The van der Waals surface area contributed by atoms with Gasteiger partial charge in [-0.3, -0.25) is 9.59 Å². The molecule has 7 heteroatoms. The molecule has 43 heavy (non-hydrogen) atoms. The van der Waals surface area contributed by atoms with Crippen LogP contribution in [0.25, 0.3) is 0 Å². The number of anilines is 2. The van der Waals surface area contributed by atoms with E-state index in [0.717, 1.165) is 11.3 Å². The van der Waals surface area contributed by atoms with Crippen LogP contribution in [-0.4, -0.2) is 42.0 Å². The van der Waals surface area contributed by atoms with Crippen molar-refractivity contribution in [2.75, 3.05) is 23.4 Å². The lowest BCUT2D eigenvalue weighted by molar-refractivity contribution is -0.137. The summed E-state index contributed by atoms with van der Waals surface area (Å²) in [6.45, 7) is 6.69. The molecular formula is C36H38N2O5. The Morgan fingerprint density at radius 3 is 2.05 bits per heavy atom. The Morgan fingerprint density at radius 2 is 1.42 bits per heavy atom. The Labute approximate surface area is 253 Å². The van der Waals surface area contributed by atoms with Gasteiger partial charge in [0.2, 0.25) is 5.91 Å². The third-order valence-electron chi connectivity index (χ3n) is 6.95. The van der Waals surface area contributed by atoms with Crippen LogP contribution < -0.4 is 15.0 Å². The van der Waals surface area contributed by atoms with Crippen LogP contribution in [0.2, 0.25) is 0 Å². The number of carbonyl (C=O) groups is 3. The van der Waals surface area contributed by atoms with Gasteiger partial charge in [-0.1, -0.05) is 93.6 Å². The molecule has 0 heterocycles. The van der Waals surface area contributed by atoms with E-state index in [1.165, 1.54) is 0 Å². The van der Waals surface area contributed by atoms with Crippen molar-refractivity contribution in [1.29, 1.82) is 0 Å². The van der Waals surface area contributed by atoms with Crippen molar-refractivity contribution in [3.05, 3.63) is 126 Å². The maximum Gasteiger partial charge on any atom is 0.326 e. The van der Waals surface area contributed by atoms with Gasteiger partial charge in [0.05, 0.1) is 6.61 Å². The number of carbonyl (C=O) groups excluding carboxylic acids is 2. The molecule has 222 valence electrons. The minimum absolute atomic E-state index is 0.0525. The van der Waals surface area contributed by atoms with E-state index in [9.17, 15) is 19.5 Å². The second-order valence-electron chi connectivity index (χ2n) is 11.4. The van der Waals surface area contributed by atoms with Crippen molar-refractivity contribution < 1.29 is 24.2 Å². The molecule has 0 aliphatic rings. The molecule has 0 saturated carbocycles. The molecule has 1 amide bonds. The van der Waals surface area contributed by atoms with Gasteiger partial charge >= 0.3 is 5.97 Å². The van der Waals surface area contributed by atoms with Crippen LogP contribution in [0.15, 0.2) is 109 Å². The molecule has 4 aromatic carbocycles. The van der Waals surface area contributed by atoms with Gasteiger partial charge in [-0.05, 0) is 48.4 Å². The third kappa shape index (κ3) is 8.55. The highest BCUT2D eigenvalue weighted by atomic mass is 16.5. The first kappa shape index (κ1) is 31.0. The fourth-order valence-electron chi connectivity index (χ4n) is 4.67. The van der Waals surface area contributed by atoms with Crippen LogP contribution >= 0.6 is 0 Å². The Balaban J connectivity index is 1.35. The molecule has 0 aliphatic carbocycles. The van der Waals surface area contributed by atoms with Crippen LogP contribution in [0, 0.1) is 5.41 Å². The number of nitrogens with zero attached hydrogens (tertiary/aromatic N) is 1. The molecule has 0 spiro atoms. The van der Waals surface area contributed by atoms with E-state index in [1.54, 1.807) is 53.4 Å². The lowest BCUT2D eigenvalue weighted by Crippen LogP contribution is -2.40. The third-order valence-corrected chi connectivity index (χ3v) is 6.95. The van der Waals surface area contributed by atoms with Crippen LogP contribution in [0.5, 0.6) is 5.75 Å². The van der Waals surface area contributed by atoms with Gasteiger partial charge in [0.1, 0.15) is 11.8 Å². The van der Waals surface area contributed by atoms with Gasteiger partial charge in [0.15, 0.2) is 5.78 Å². The van der Waals surface area contributed by atoms with Crippen LogP contribution in [0.4, 0.5) is 11.4 Å². The molecule has 0 unspecified atom stereocenters. The smallest absolute Gasteiger partial charge is 0.326 e. The number of nitrogens with one attached hydrogen (secondary N) is 1. The second-order valence-corrected chi connectivity index (χ2v) is 11.4. The summed E-state index contributed by atoms with van der Waals surface area (Å²) in [7, 11) is 0. The van der Waals surface area contributed by atoms with Gasteiger partial charge in [-0.2, -0.15) is 0 Å². The van der Waals surface area contributed by atoms with Crippen molar-refractivity contribution in [3.8, 4) is 5.75 Å². The number of hydrogen-bond donors (Lipinski definition) is 2. The van der Waals surface area contributed by atoms with E-state index in [4.69, 9.17) is 4.74 Å². The first-order valence-electron chi connectivity index (χ1n) is 14.4. The van der Waals surface area contributed by atoms with Crippen molar-refractivity contribution in [3.63, 3.8) is 0 Å². The lowest BCUT2D eigenvalue weighted by Gasteiger charge is -2.29. The lowest BCUT2D eigenvalue weighted by atomic mass is 9.94. The summed E-state index contributed by atoms with van der Waals surface area (Å²) in [6, 6.07) is 31.9. The van der Waals surface area contributed by atoms with Crippen molar-refractivity contribution in [2.24, 2.45) is 5.41 Å². The summed E-state index contributed by atoms with van der Waals surface area (Å²) < 4.78 is 5.94. The zero-order chi connectivity index (χ0) is 30.8. The summed E-state index contributed by atoms with van der Waals surface area (Å²) in [5, 5.41) is 13.0. The molecule has 0 radical (unpaired) electrons. The molecule has 0 aliphatic heterocycles. The number of ketones is 1. The van der Waals surface area contributed by atoms with Gasteiger partial charge in [0.25, 0.3) is 0 Å². The summed E-state index contributed by atoms with van der Waals surface area (Å²) in [6.07, 6.45) is 0.856. The molecular weight excluding hydrogens is 540 g/mol. The van der Waals surface area contributed by atoms with Crippen LogP contribution in [-0.2, 0) is 16.0 Å². The zero-order valence-corrected chi connectivity index (χ0v) is 24.8. The van der Waals surface area contributed by atoms with Crippen molar-refractivity contribution in [1.82, 2.24) is 0 Å². The fourth-order valence-corrected chi connectivity index (χ4v) is 4.67. The monoisotopic (exact) mass is 578 g/mol. The number of para-hydroxylation sites is 2. The van der Waals surface area contributed by atoms with Gasteiger partial charge in [0, 0.05) is 40.9 Å². The predicted octanol–water partition coefficient (Wildman–Crippen LogP) is 6.87. The molecule has 2 N–H and O–H groups in total. The highest BCUT2D eigenvalue weighted by molar-refractivity contribution is 6.12. The van der Waals surface area contributed by atoms with E-state index in [0.29, 0.717) is 42.1 Å². The number of rotatable bonds is 13. The standard InChI is InChI=1S/C36H38N2O5/c1-36(2,3)35(42)38(28-15-8-5-9-16-28)23-12-24-43-29-21-19-26(20-22-29)25-32(34(40)41)37-31-18-11-10-17-30(31)33(39)27-13-6-4-7-14-27/h4-11,13-22,32,37H,12,23-25H2,1-3H3,(H,40,41)/t32-/m0/s1. The molecule has 0 bridgehead atoms. The quantitative estimate of drug-likeness (QED) is 0.133. The maximum absolute atomic E-state index is 13.1. The number of ether oxygens (including phenoxy) is 1. The average molecular weight is 579 g/mol. The molecule has 1 atom stereocenters. The van der Waals surface area contributed by atoms with E-state index in [-0.39, 0.29) is 18.1 Å². The van der Waals surface area contributed by atoms with E-state index >= 15 is 0 Å². The van der Waals surface area contributed by atoms with Gasteiger partial charge in [-0.25, -0.2) is 4.79 Å². The molecule has 7 nitrogen and oxygen atoms in total. The molecule has 4 rings (SSSR count). The van der Waals surface area contributed by atoms with E-state index in [2.05, 4.69) is 5.32 Å². The Kier molecular flexibility index (Phi) is 10.3. The van der Waals surface area contributed by atoms with Crippen molar-refractivity contribution >= 4 is 29.0 Å². The molecule has 0 saturated heterocycles. The Hall–Kier alpha value is -4.91. The number of carboxylic acids is 1. The van der Waals surface area contributed by atoms with Gasteiger partial charge in [-0.15, -0.1) is 0 Å². The number of aliphatic carboxylic acids is 1. The summed E-state index contributed by atoms with van der Waals surface area (Å²) in [4.78, 5) is 40.1. The van der Waals surface area contributed by atoms with Crippen molar-refractivity contribution in [2.45, 2.75) is 39.7 Å². The largest absolute Gasteiger partial charge is 0.494 e. The Morgan fingerprint density at radius 1 is 0.814 bits per heavy atom. The number of benzene rings is 4. The van der Waals surface area contributed by atoms with Crippen LogP contribution in [0.3, 0.4) is 0 Å². The first-order valence-corrected chi connectivity index (χ1v) is 14.4. The summed E-state index contributed by atoms with van der Waals surface area (Å²) in [5.74, 6) is -0.480. The summed E-state index contributed by atoms with van der Waals surface area (Å²) in [5.41, 5.74) is 2.59. The second kappa shape index (κ2) is 14.3. The Bertz CT molecular complexity index is 1510. The highest BCUT2D eigenvalue weighted by Crippen LogP contribution is 2.24. The highest BCUT2D eigenvalue weighted by Gasteiger charge is 2.28. The SMILES string of the molecule is CC(C)(C)C(=O)N(CCCOc1ccc(C[C@H](Nc2ccccc2C(=O)c2ccccc2)C(=O)O)cc1)c1ccccc1. The minimum atomic E-state index is -1.02. The molecule has 0 fully saturated rings. The van der Waals surface area contributed by atoms with Crippen LogP contribution in [0.1, 0.15) is 48.7 Å². The predicted molar refractivity (Wildman–Crippen MR) is 170 cm³/mol. The fraction of sp³-hybridized carbons (Fsp3) is 0.250. The normalized spacial score (nSPS) is 11.8. The van der Waals surface area contributed by atoms with E-state index < -0.39 is 17.4 Å². The molecule has 4 aromatic rings.